The maximum atomic E-state index is 5.88. The highest BCUT2D eigenvalue weighted by Gasteiger charge is 2.21. The van der Waals surface area contributed by atoms with Crippen LogP contribution in [-0.2, 0) is 0 Å². The number of hydrogen-bond donors (Lipinski definition) is 1. The van der Waals surface area contributed by atoms with Crippen LogP contribution in [0, 0.1) is 0 Å². The maximum Gasteiger partial charge on any atom is 0.142 e. The van der Waals surface area contributed by atoms with Crippen LogP contribution >= 0.6 is 0 Å². The number of nitrogens with zero attached hydrogens (tertiary/aromatic N) is 1. The third-order valence-electron chi connectivity index (χ3n) is 3.04. The lowest BCUT2D eigenvalue weighted by atomic mass is 10.1. The van der Waals surface area contributed by atoms with Crippen LogP contribution in [0.5, 0.6) is 5.75 Å². The lowest BCUT2D eigenvalue weighted by Crippen LogP contribution is -2.50. The van der Waals surface area contributed by atoms with Gasteiger partial charge in [-0.25, -0.2) is 0 Å². The number of ether oxygens (including phenoxy) is 1. The summed E-state index contributed by atoms with van der Waals surface area (Å²) in [6.07, 6.45) is 0.217. The van der Waals surface area contributed by atoms with E-state index in [1.807, 2.05) is 6.07 Å². The fraction of sp³-hybridized carbons (Fsp3) is 0.571. The molecule has 3 heteroatoms. The van der Waals surface area contributed by atoms with E-state index in [4.69, 9.17) is 4.74 Å². The van der Waals surface area contributed by atoms with Gasteiger partial charge in [-0.05, 0) is 32.9 Å². The molecule has 1 heterocycles. The Balaban J connectivity index is 2.23. The zero-order chi connectivity index (χ0) is 12.3. The van der Waals surface area contributed by atoms with E-state index in [0.29, 0.717) is 6.04 Å². The second-order valence-electron chi connectivity index (χ2n) is 4.88. The third-order valence-corrected chi connectivity index (χ3v) is 3.04. The molecule has 0 aromatic heterocycles. The van der Waals surface area contributed by atoms with Crippen molar-refractivity contribution in [2.24, 2.45) is 0 Å². The van der Waals surface area contributed by atoms with Gasteiger partial charge in [0.2, 0.25) is 0 Å². The van der Waals surface area contributed by atoms with Crippen LogP contribution in [0.4, 0.5) is 5.69 Å². The Morgan fingerprint density at radius 2 is 2.12 bits per heavy atom. The van der Waals surface area contributed by atoms with E-state index < -0.39 is 0 Å². The molecule has 0 bridgehead atoms. The van der Waals surface area contributed by atoms with Crippen molar-refractivity contribution in [1.29, 1.82) is 0 Å². The van der Waals surface area contributed by atoms with Crippen molar-refractivity contribution in [2.75, 3.05) is 24.5 Å². The third kappa shape index (κ3) is 2.91. The van der Waals surface area contributed by atoms with E-state index in [2.05, 4.69) is 49.2 Å². The lowest BCUT2D eigenvalue weighted by Gasteiger charge is -2.36. The molecule has 0 spiro atoms. The molecule has 0 amide bonds. The Hall–Kier alpha value is -1.22. The molecule has 1 aliphatic rings. The van der Waals surface area contributed by atoms with E-state index in [1.165, 1.54) is 5.69 Å². The van der Waals surface area contributed by atoms with Crippen LogP contribution in [0.1, 0.15) is 20.8 Å². The molecule has 0 radical (unpaired) electrons. The zero-order valence-corrected chi connectivity index (χ0v) is 10.9. The molecule has 0 saturated carbocycles. The first-order valence-electron chi connectivity index (χ1n) is 6.41. The predicted octanol–water partition coefficient (Wildman–Crippen LogP) is 2.27. The normalized spacial score (nSPS) is 20.7. The number of nitrogens with one attached hydrogen (secondary N) is 1. The van der Waals surface area contributed by atoms with Crippen LogP contribution in [0.3, 0.4) is 0 Å². The quantitative estimate of drug-likeness (QED) is 0.868. The molecule has 94 valence electrons. The van der Waals surface area contributed by atoms with Gasteiger partial charge < -0.3 is 15.0 Å². The average molecular weight is 234 g/mol. The van der Waals surface area contributed by atoms with Gasteiger partial charge >= 0.3 is 0 Å². The maximum absolute atomic E-state index is 5.88. The summed E-state index contributed by atoms with van der Waals surface area (Å²) in [6.45, 7) is 9.50. The molecule has 0 aliphatic carbocycles. The molecular weight excluding hydrogens is 212 g/mol. The van der Waals surface area contributed by atoms with Crippen LogP contribution in [0.25, 0.3) is 0 Å². The number of anilines is 1. The van der Waals surface area contributed by atoms with Crippen LogP contribution in [0.2, 0.25) is 0 Å². The van der Waals surface area contributed by atoms with Gasteiger partial charge in [0.05, 0.1) is 11.8 Å². The smallest absolute Gasteiger partial charge is 0.142 e. The Morgan fingerprint density at radius 1 is 1.35 bits per heavy atom. The number of rotatable bonds is 3. The molecule has 1 N–H and O–H groups in total. The first-order chi connectivity index (χ1) is 8.18. The van der Waals surface area contributed by atoms with Crippen molar-refractivity contribution < 1.29 is 4.74 Å². The monoisotopic (exact) mass is 234 g/mol. The SMILES string of the molecule is CC(C)Oc1ccccc1N1CCNCC1C. The summed E-state index contributed by atoms with van der Waals surface area (Å²) in [5.41, 5.74) is 1.22. The summed E-state index contributed by atoms with van der Waals surface area (Å²) >= 11 is 0. The van der Waals surface area contributed by atoms with Gasteiger partial charge in [0.15, 0.2) is 0 Å². The molecule has 1 saturated heterocycles. The van der Waals surface area contributed by atoms with E-state index in [0.717, 1.165) is 25.4 Å². The van der Waals surface area contributed by atoms with Crippen molar-refractivity contribution in [3.8, 4) is 5.75 Å². The van der Waals surface area contributed by atoms with Gasteiger partial charge in [-0.15, -0.1) is 0 Å². The summed E-state index contributed by atoms with van der Waals surface area (Å²) in [7, 11) is 0. The van der Waals surface area contributed by atoms with Crippen LogP contribution in [-0.4, -0.2) is 31.8 Å². The summed E-state index contributed by atoms with van der Waals surface area (Å²) < 4.78 is 5.88. The van der Waals surface area contributed by atoms with Crippen molar-refractivity contribution in [3.05, 3.63) is 24.3 Å². The van der Waals surface area contributed by atoms with Crippen molar-refractivity contribution >= 4 is 5.69 Å². The summed E-state index contributed by atoms with van der Waals surface area (Å²) in [4.78, 5) is 2.42. The lowest BCUT2D eigenvalue weighted by molar-refractivity contribution is 0.242. The second kappa shape index (κ2) is 5.41. The average Bonchev–Trinajstić information content (AvgIpc) is 2.30. The molecule has 1 atom stereocenters. The fourth-order valence-corrected chi connectivity index (χ4v) is 2.25. The predicted molar refractivity (Wildman–Crippen MR) is 71.9 cm³/mol. The number of benzene rings is 1. The molecule has 1 aliphatic heterocycles. The van der Waals surface area contributed by atoms with Gasteiger partial charge in [0.25, 0.3) is 0 Å². The molecule has 1 unspecified atom stereocenters. The molecule has 3 nitrogen and oxygen atoms in total. The molecule has 1 aromatic rings. The molecule has 17 heavy (non-hydrogen) atoms. The zero-order valence-electron chi connectivity index (χ0n) is 10.9. The molecule has 1 fully saturated rings. The fourth-order valence-electron chi connectivity index (χ4n) is 2.25. The van der Waals surface area contributed by atoms with Gasteiger partial charge in [0.1, 0.15) is 5.75 Å². The van der Waals surface area contributed by atoms with Crippen molar-refractivity contribution in [1.82, 2.24) is 5.32 Å². The number of para-hydroxylation sites is 2. The van der Waals surface area contributed by atoms with E-state index in [1.54, 1.807) is 0 Å². The highest BCUT2D eigenvalue weighted by molar-refractivity contribution is 5.59. The Kier molecular flexibility index (Phi) is 3.89. The molecule has 1 aromatic carbocycles. The minimum absolute atomic E-state index is 0.217. The summed E-state index contributed by atoms with van der Waals surface area (Å²) in [6, 6.07) is 8.84. The van der Waals surface area contributed by atoms with E-state index in [9.17, 15) is 0 Å². The molecule has 2 rings (SSSR count). The first kappa shape index (κ1) is 12.2. The van der Waals surface area contributed by atoms with Crippen molar-refractivity contribution in [2.45, 2.75) is 32.9 Å². The van der Waals surface area contributed by atoms with Gasteiger partial charge in [-0.3, -0.25) is 0 Å². The standard InChI is InChI=1S/C14H22N2O/c1-11(2)17-14-7-5-4-6-13(14)16-9-8-15-10-12(16)3/h4-7,11-12,15H,8-10H2,1-3H3. The summed E-state index contributed by atoms with van der Waals surface area (Å²) in [5.74, 6) is 0.997. The Bertz CT molecular complexity index is 365. The summed E-state index contributed by atoms with van der Waals surface area (Å²) in [5, 5.41) is 3.41. The van der Waals surface area contributed by atoms with E-state index in [-0.39, 0.29) is 6.10 Å². The van der Waals surface area contributed by atoms with Gasteiger partial charge in [-0.1, -0.05) is 12.1 Å². The Labute approximate surface area is 104 Å². The molecular formula is C14H22N2O. The number of piperazine rings is 1. The van der Waals surface area contributed by atoms with Crippen LogP contribution < -0.4 is 15.0 Å². The van der Waals surface area contributed by atoms with Gasteiger partial charge in [-0.2, -0.15) is 0 Å². The number of hydrogen-bond acceptors (Lipinski definition) is 3. The Morgan fingerprint density at radius 3 is 2.82 bits per heavy atom. The second-order valence-corrected chi connectivity index (χ2v) is 4.88. The van der Waals surface area contributed by atoms with Crippen molar-refractivity contribution in [3.63, 3.8) is 0 Å². The minimum Gasteiger partial charge on any atom is -0.489 e. The highest BCUT2D eigenvalue weighted by atomic mass is 16.5. The topological polar surface area (TPSA) is 24.5 Å². The first-order valence-corrected chi connectivity index (χ1v) is 6.41. The minimum atomic E-state index is 0.217. The largest absolute Gasteiger partial charge is 0.489 e. The highest BCUT2D eigenvalue weighted by Crippen LogP contribution is 2.30. The van der Waals surface area contributed by atoms with E-state index >= 15 is 0 Å². The van der Waals surface area contributed by atoms with Gasteiger partial charge in [0, 0.05) is 25.7 Å². The van der Waals surface area contributed by atoms with Crippen LogP contribution in [0.15, 0.2) is 24.3 Å².